The lowest BCUT2D eigenvalue weighted by atomic mass is 10.3. The number of anilines is 1. The van der Waals surface area contributed by atoms with E-state index in [4.69, 9.17) is 0 Å². The fourth-order valence-corrected chi connectivity index (χ4v) is 3.52. The second-order valence-corrected chi connectivity index (χ2v) is 6.88. The Morgan fingerprint density at radius 3 is 3.00 bits per heavy atom. The molecule has 0 radical (unpaired) electrons. The van der Waals surface area contributed by atoms with Gasteiger partial charge in [-0.1, -0.05) is 0 Å². The molecule has 1 unspecified atom stereocenters. The minimum atomic E-state index is -0.274. The first-order chi connectivity index (χ1) is 12.2. The second kappa shape index (κ2) is 10.0. The Balaban J connectivity index is 0.00000243. The molecule has 2 aromatic rings. The zero-order valence-electron chi connectivity index (χ0n) is 14.9. The molecule has 9 heteroatoms. The number of thiazole rings is 1. The maximum Gasteiger partial charge on any atom is 0.191 e. The Kier molecular flexibility index (Phi) is 8.01. The molecule has 0 bridgehead atoms. The summed E-state index contributed by atoms with van der Waals surface area (Å²) in [4.78, 5) is 16.2. The van der Waals surface area contributed by atoms with Crippen molar-refractivity contribution in [3.8, 4) is 0 Å². The van der Waals surface area contributed by atoms with Gasteiger partial charge in [0.15, 0.2) is 17.6 Å². The fourth-order valence-electron chi connectivity index (χ4n) is 2.82. The highest BCUT2D eigenvalue weighted by Crippen LogP contribution is 2.20. The van der Waals surface area contributed by atoms with Crippen molar-refractivity contribution in [2.75, 3.05) is 24.5 Å². The second-order valence-electron chi connectivity index (χ2n) is 5.94. The van der Waals surface area contributed by atoms with Crippen LogP contribution in [-0.4, -0.2) is 41.6 Å². The molecule has 3 rings (SSSR count). The van der Waals surface area contributed by atoms with E-state index >= 15 is 0 Å². The third kappa shape index (κ3) is 5.26. The molecule has 2 aromatic heterocycles. The van der Waals surface area contributed by atoms with E-state index < -0.39 is 0 Å². The van der Waals surface area contributed by atoms with Gasteiger partial charge in [0.25, 0.3) is 0 Å². The van der Waals surface area contributed by atoms with Crippen LogP contribution in [0.5, 0.6) is 0 Å². The average Bonchev–Trinajstić information content (AvgIpc) is 3.22. The Bertz CT molecular complexity index is 738. The van der Waals surface area contributed by atoms with Crippen LogP contribution in [0.15, 0.2) is 28.8 Å². The lowest BCUT2D eigenvalue weighted by Gasteiger charge is -2.19. The van der Waals surface area contributed by atoms with E-state index in [2.05, 4.69) is 25.6 Å². The largest absolute Gasteiger partial charge is 0.357 e. The zero-order chi connectivity index (χ0) is 17.6. The summed E-state index contributed by atoms with van der Waals surface area (Å²) in [5, 5.41) is 6.72. The summed E-state index contributed by atoms with van der Waals surface area (Å²) in [5.41, 5.74) is 2.87. The molecule has 142 valence electrons. The number of nitrogens with zero attached hydrogens (tertiary/aromatic N) is 4. The van der Waals surface area contributed by atoms with E-state index in [0.717, 1.165) is 31.2 Å². The lowest BCUT2D eigenvalue weighted by Crippen LogP contribution is -2.44. The summed E-state index contributed by atoms with van der Waals surface area (Å²) in [6, 6.07) is 3.27. The highest BCUT2D eigenvalue weighted by Gasteiger charge is 2.25. The summed E-state index contributed by atoms with van der Waals surface area (Å²) in [6.45, 7) is 6.92. The van der Waals surface area contributed by atoms with Crippen LogP contribution in [-0.2, 0) is 6.54 Å². The molecule has 1 fully saturated rings. The number of halogens is 2. The van der Waals surface area contributed by atoms with Gasteiger partial charge in [-0.25, -0.2) is 19.4 Å². The molecule has 1 aliphatic heterocycles. The standard InChI is InChI=1S/C17H23FN6S.HI/c1-3-19-17(21-9-15-12(2)22-11-25-15)23-13-6-8-24(10-13)16-14(18)5-4-7-20-16;/h4-5,7,11,13H,3,6,8-10H2,1-2H3,(H2,19,21,23);1H. The van der Waals surface area contributed by atoms with Crippen LogP contribution in [0.3, 0.4) is 0 Å². The monoisotopic (exact) mass is 490 g/mol. The third-order valence-corrected chi connectivity index (χ3v) is 5.06. The van der Waals surface area contributed by atoms with Crippen molar-refractivity contribution in [3.05, 3.63) is 40.2 Å². The van der Waals surface area contributed by atoms with Crippen LogP contribution >= 0.6 is 35.3 Å². The number of hydrogen-bond acceptors (Lipinski definition) is 5. The number of hydrogen-bond donors (Lipinski definition) is 2. The molecular weight excluding hydrogens is 466 g/mol. The molecule has 1 saturated heterocycles. The van der Waals surface area contributed by atoms with Gasteiger partial charge in [-0.15, -0.1) is 35.3 Å². The topological polar surface area (TPSA) is 65.4 Å². The maximum atomic E-state index is 13.9. The van der Waals surface area contributed by atoms with Crippen molar-refractivity contribution in [2.45, 2.75) is 32.9 Å². The van der Waals surface area contributed by atoms with Crippen molar-refractivity contribution in [1.29, 1.82) is 0 Å². The van der Waals surface area contributed by atoms with E-state index in [1.54, 1.807) is 23.6 Å². The van der Waals surface area contributed by atoms with Crippen molar-refractivity contribution < 1.29 is 4.39 Å². The molecule has 0 aromatic carbocycles. The van der Waals surface area contributed by atoms with Crippen molar-refractivity contribution >= 4 is 47.1 Å². The highest BCUT2D eigenvalue weighted by atomic mass is 127. The van der Waals surface area contributed by atoms with Gasteiger partial charge in [0.05, 0.1) is 17.7 Å². The minimum absolute atomic E-state index is 0. The van der Waals surface area contributed by atoms with Crippen LogP contribution in [0.4, 0.5) is 10.2 Å². The number of rotatable bonds is 5. The van der Waals surface area contributed by atoms with Gasteiger partial charge < -0.3 is 15.5 Å². The third-order valence-electron chi connectivity index (χ3n) is 4.14. The first kappa shape index (κ1) is 20.8. The SMILES string of the molecule is CCNC(=NCc1scnc1C)NC1CCN(c2ncccc2F)C1.I. The molecule has 1 aliphatic rings. The Hall–Kier alpha value is -1.49. The Morgan fingerprint density at radius 1 is 1.46 bits per heavy atom. The quantitative estimate of drug-likeness (QED) is 0.384. The van der Waals surface area contributed by atoms with E-state index in [-0.39, 0.29) is 35.8 Å². The predicted molar refractivity (Wildman–Crippen MR) is 115 cm³/mol. The Morgan fingerprint density at radius 2 is 2.31 bits per heavy atom. The molecule has 0 amide bonds. The van der Waals surface area contributed by atoms with Crippen LogP contribution < -0.4 is 15.5 Å². The van der Waals surface area contributed by atoms with Crippen LogP contribution in [0, 0.1) is 12.7 Å². The summed E-state index contributed by atoms with van der Waals surface area (Å²) >= 11 is 1.62. The molecule has 0 saturated carbocycles. The predicted octanol–water partition coefficient (Wildman–Crippen LogP) is 2.94. The van der Waals surface area contributed by atoms with Gasteiger partial charge in [0, 0.05) is 36.8 Å². The van der Waals surface area contributed by atoms with Crippen molar-refractivity contribution in [2.24, 2.45) is 4.99 Å². The first-order valence-electron chi connectivity index (χ1n) is 8.46. The normalized spacial score (nSPS) is 17.1. The highest BCUT2D eigenvalue weighted by molar-refractivity contribution is 14.0. The minimum Gasteiger partial charge on any atom is -0.357 e. The molecule has 1 atom stereocenters. The summed E-state index contributed by atoms with van der Waals surface area (Å²) in [7, 11) is 0. The molecule has 0 spiro atoms. The first-order valence-corrected chi connectivity index (χ1v) is 9.34. The summed E-state index contributed by atoms with van der Waals surface area (Å²) < 4.78 is 13.9. The number of pyridine rings is 1. The lowest BCUT2D eigenvalue weighted by molar-refractivity contribution is 0.612. The summed E-state index contributed by atoms with van der Waals surface area (Å²) in [6.07, 6.45) is 2.54. The zero-order valence-corrected chi connectivity index (χ0v) is 18.1. The van der Waals surface area contributed by atoms with E-state index in [9.17, 15) is 4.39 Å². The van der Waals surface area contributed by atoms with Crippen molar-refractivity contribution in [3.63, 3.8) is 0 Å². The van der Waals surface area contributed by atoms with Gasteiger partial charge in [0.1, 0.15) is 0 Å². The van der Waals surface area contributed by atoms with E-state index in [1.165, 1.54) is 10.9 Å². The van der Waals surface area contributed by atoms with Gasteiger partial charge in [0.2, 0.25) is 0 Å². The molecular formula is C17H24FIN6S. The van der Waals surface area contributed by atoms with Gasteiger partial charge in [-0.3, -0.25) is 0 Å². The summed E-state index contributed by atoms with van der Waals surface area (Å²) in [5.74, 6) is 0.932. The number of aliphatic imine (C=N–C) groups is 1. The van der Waals surface area contributed by atoms with Gasteiger partial charge in [-0.2, -0.15) is 0 Å². The van der Waals surface area contributed by atoms with Crippen LogP contribution in [0.25, 0.3) is 0 Å². The molecule has 3 heterocycles. The molecule has 6 nitrogen and oxygen atoms in total. The molecule has 2 N–H and O–H groups in total. The van der Waals surface area contributed by atoms with Crippen LogP contribution in [0.2, 0.25) is 0 Å². The van der Waals surface area contributed by atoms with Gasteiger partial charge >= 0.3 is 0 Å². The molecule has 0 aliphatic carbocycles. The van der Waals surface area contributed by atoms with Gasteiger partial charge in [-0.05, 0) is 32.4 Å². The van der Waals surface area contributed by atoms with E-state index in [1.807, 2.05) is 24.3 Å². The fraction of sp³-hybridized carbons (Fsp3) is 0.471. The Labute approximate surface area is 174 Å². The average molecular weight is 490 g/mol. The smallest absolute Gasteiger partial charge is 0.191 e. The number of aromatic nitrogens is 2. The number of guanidine groups is 1. The number of nitrogens with one attached hydrogen (secondary N) is 2. The van der Waals surface area contributed by atoms with Crippen LogP contribution in [0.1, 0.15) is 23.9 Å². The maximum absolute atomic E-state index is 13.9. The number of aryl methyl sites for hydroxylation is 1. The van der Waals surface area contributed by atoms with E-state index in [0.29, 0.717) is 18.9 Å². The van der Waals surface area contributed by atoms with Crippen molar-refractivity contribution in [1.82, 2.24) is 20.6 Å². The molecule has 26 heavy (non-hydrogen) atoms.